The molecule has 0 aliphatic carbocycles. The summed E-state index contributed by atoms with van der Waals surface area (Å²) in [7, 11) is 2.00. The van der Waals surface area contributed by atoms with Crippen molar-refractivity contribution in [3.8, 4) is 5.75 Å². The summed E-state index contributed by atoms with van der Waals surface area (Å²) in [6.07, 6.45) is 1.24. The second kappa shape index (κ2) is 4.91. The summed E-state index contributed by atoms with van der Waals surface area (Å²) in [5.74, 6) is 2.79. The number of hydrogen-bond acceptors (Lipinski definition) is 4. The maximum Gasteiger partial charge on any atom is 0.227 e. The molecule has 5 heteroatoms. The molecule has 0 radical (unpaired) electrons. The number of benzene rings is 1. The van der Waals surface area contributed by atoms with Crippen LogP contribution in [0, 0.1) is 6.92 Å². The Hall–Kier alpha value is -2.04. The summed E-state index contributed by atoms with van der Waals surface area (Å²) in [4.78, 5) is 2.23. The Balaban J connectivity index is 1.66. The average molecular weight is 258 g/mol. The van der Waals surface area contributed by atoms with Crippen LogP contribution < -0.4 is 9.64 Å². The zero-order valence-electron chi connectivity index (χ0n) is 11.3. The van der Waals surface area contributed by atoms with E-state index in [4.69, 9.17) is 4.74 Å². The van der Waals surface area contributed by atoms with Gasteiger partial charge in [0.05, 0.1) is 6.54 Å². The number of anilines is 1. The number of rotatable bonds is 3. The lowest BCUT2D eigenvalue weighted by atomic mass is 10.3. The molecular weight excluding hydrogens is 240 g/mol. The van der Waals surface area contributed by atoms with Crippen molar-refractivity contribution in [3.63, 3.8) is 0 Å². The van der Waals surface area contributed by atoms with Gasteiger partial charge >= 0.3 is 0 Å². The Morgan fingerprint density at radius 3 is 2.68 bits per heavy atom. The van der Waals surface area contributed by atoms with Gasteiger partial charge in [0, 0.05) is 20.0 Å². The van der Waals surface area contributed by atoms with E-state index in [1.54, 1.807) is 0 Å². The van der Waals surface area contributed by atoms with E-state index in [-0.39, 0.29) is 6.10 Å². The standard InChI is InChI=1S/C14H18N4O/c1-11-15-16-14(17(11)2)18-9-8-13(10-18)19-12-6-4-3-5-7-12/h3-7,13H,8-10H2,1-2H3/t13-/m1/s1. The molecular formula is C14H18N4O. The van der Waals surface area contributed by atoms with Gasteiger partial charge in [-0.2, -0.15) is 0 Å². The molecule has 0 bridgehead atoms. The molecule has 2 heterocycles. The normalized spacial score (nSPS) is 18.8. The fraction of sp³-hybridized carbons (Fsp3) is 0.429. The maximum absolute atomic E-state index is 5.97. The van der Waals surface area contributed by atoms with Crippen LogP contribution in [0.2, 0.25) is 0 Å². The van der Waals surface area contributed by atoms with E-state index >= 15 is 0 Å². The summed E-state index contributed by atoms with van der Waals surface area (Å²) < 4.78 is 7.99. The average Bonchev–Trinajstić information content (AvgIpc) is 3.00. The highest BCUT2D eigenvalue weighted by atomic mass is 16.5. The van der Waals surface area contributed by atoms with Crippen molar-refractivity contribution >= 4 is 5.95 Å². The molecule has 0 unspecified atom stereocenters. The van der Waals surface area contributed by atoms with E-state index in [1.807, 2.05) is 48.9 Å². The Kier molecular flexibility index (Phi) is 3.11. The highest BCUT2D eigenvalue weighted by molar-refractivity contribution is 5.33. The third-order valence-electron chi connectivity index (χ3n) is 3.54. The summed E-state index contributed by atoms with van der Waals surface area (Å²) >= 11 is 0. The van der Waals surface area contributed by atoms with Crippen molar-refractivity contribution in [2.75, 3.05) is 18.0 Å². The Labute approximate surface area is 112 Å². The van der Waals surface area contributed by atoms with Gasteiger partial charge in [0.25, 0.3) is 0 Å². The smallest absolute Gasteiger partial charge is 0.227 e. The van der Waals surface area contributed by atoms with Crippen LogP contribution in [-0.2, 0) is 7.05 Å². The zero-order chi connectivity index (χ0) is 13.2. The molecule has 19 heavy (non-hydrogen) atoms. The van der Waals surface area contributed by atoms with Gasteiger partial charge in [-0.1, -0.05) is 18.2 Å². The van der Waals surface area contributed by atoms with Gasteiger partial charge in [-0.3, -0.25) is 0 Å². The molecule has 1 atom stereocenters. The molecule has 1 aromatic heterocycles. The minimum Gasteiger partial charge on any atom is -0.489 e. The van der Waals surface area contributed by atoms with Crippen molar-refractivity contribution < 1.29 is 4.74 Å². The molecule has 1 aromatic carbocycles. The lowest BCUT2D eigenvalue weighted by molar-refractivity contribution is 0.225. The van der Waals surface area contributed by atoms with Crippen molar-refractivity contribution in [1.29, 1.82) is 0 Å². The van der Waals surface area contributed by atoms with Crippen LogP contribution in [0.3, 0.4) is 0 Å². The monoisotopic (exact) mass is 258 g/mol. The van der Waals surface area contributed by atoms with Gasteiger partial charge < -0.3 is 14.2 Å². The summed E-state index contributed by atoms with van der Waals surface area (Å²) in [5.41, 5.74) is 0. The first-order valence-corrected chi connectivity index (χ1v) is 6.56. The number of para-hydroxylation sites is 1. The first-order chi connectivity index (χ1) is 9.24. The molecule has 3 rings (SSSR count). The third kappa shape index (κ3) is 2.41. The Morgan fingerprint density at radius 1 is 1.21 bits per heavy atom. The number of nitrogens with zero attached hydrogens (tertiary/aromatic N) is 4. The second-order valence-corrected chi connectivity index (χ2v) is 4.89. The van der Waals surface area contributed by atoms with Gasteiger partial charge in [-0.05, 0) is 19.1 Å². The van der Waals surface area contributed by atoms with E-state index in [0.29, 0.717) is 0 Å². The largest absolute Gasteiger partial charge is 0.489 e. The van der Waals surface area contributed by atoms with Crippen LogP contribution in [0.25, 0.3) is 0 Å². The predicted octanol–water partition coefficient (Wildman–Crippen LogP) is 1.78. The molecule has 5 nitrogen and oxygen atoms in total. The van der Waals surface area contributed by atoms with E-state index in [0.717, 1.165) is 37.0 Å². The molecule has 0 saturated carbocycles. The van der Waals surface area contributed by atoms with E-state index < -0.39 is 0 Å². The molecule has 1 aliphatic heterocycles. The van der Waals surface area contributed by atoms with Gasteiger partial charge in [0.2, 0.25) is 5.95 Å². The summed E-state index contributed by atoms with van der Waals surface area (Å²) in [5, 5.41) is 8.32. The van der Waals surface area contributed by atoms with Gasteiger partial charge in [0.15, 0.2) is 0 Å². The highest BCUT2D eigenvalue weighted by Gasteiger charge is 2.27. The summed E-state index contributed by atoms with van der Waals surface area (Å²) in [6, 6.07) is 9.97. The van der Waals surface area contributed by atoms with Crippen molar-refractivity contribution in [2.45, 2.75) is 19.4 Å². The minimum atomic E-state index is 0.222. The molecule has 1 aliphatic rings. The number of aryl methyl sites for hydroxylation is 1. The molecule has 0 N–H and O–H groups in total. The lowest BCUT2D eigenvalue weighted by Gasteiger charge is -2.17. The number of hydrogen-bond donors (Lipinski definition) is 0. The number of aromatic nitrogens is 3. The van der Waals surface area contributed by atoms with E-state index in [1.165, 1.54) is 0 Å². The Morgan fingerprint density at radius 2 is 2.00 bits per heavy atom. The first-order valence-electron chi connectivity index (χ1n) is 6.56. The van der Waals surface area contributed by atoms with Crippen molar-refractivity contribution in [2.24, 2.45) is 7.05 Å². The summed E-state index contributed by atoms with van der Waals surface area (Å²) in [6.45, 7) is 3.79. The zero-order valence-corrected chi connectivity index (χ0v) is 11.3. The van der Waals surface area contributed by atoms with Crippen LogP contribution in [0.15, 0.2) is 30.3 Å². The van der Waals surface area contributed by atoms with Crippen LogP contribution in [-0.4, -0.2) is 34.0 Å². The molecule has 2 aromatic rings. The minimum absolute atomic E-state index is 0.222. The van der Waals surface area contributed by atoms with Gasteiger partial charge in [-0.25, -0.2) is 0 Å². The van der Waals surface area contributed by atoms with Crippen molar-refractivity contribution in [1.82, 2.24) is 14.8 Å². The van der Waals surface area contributed by atoms with Gasteiger partial charge in [0.1, 0.15) is 17.7 Å². The second-order valence-electron chi connectivity index (χ2n) is 4.89. The van der Waals surface area contributed by atoms with Crippen LogP contribution in [0.5, 0.6) is 5.75 Å². The molecule has 100 valence electrons. The predicted molar refractivity (Wildman–Crippen MR) is 73.4 cm³/mol. The molecule has 1 fully saturated rings. The SMILES string of the molecule is Cc1nnc(N2CC[C@@H](Oc3ccccc3)C2)n1C. The molecule has 1 saturated heterocycles. The van der Waals surface area contributed by atoms with Crippen LogP contribution in [0.1, 0.15) is 12.2 Å². The van der Waals surface area contributed by atoms with Crippen molar-refractivity contribution in [3.05, 3.63) is 36.2 Å². The van der Waals surface area contributed by atoms with E-state index in [2.05, 4.69) is 15.1 Å². The topological polar surface area (TPSA) is 43.2 Å². The first kappa shape index (κ1) is 12.0. The maximum atomic E-state index is 5.97. The van der Waals surface area contributed by atoms with E-state index in [9.17, 15) is 0 Å². The Bertz CT molecular complexity index is 552. The molecule has 0 spiro atoms. The highest BCUT2D eigenvalue weighted by Crippen LogP contribution is 2.22. The third-order valence-corrected chi connectivity index (χ3v) is 3.54. The quantitative estimate of drug-likeness (QED) is 0.841. The van der Waals surface area contributed by atoms with Gasteiger partial charge in [-0.15, -0.1) is 10.2 Å². The lowest BCUT2D eigenvalue weighted by Crippen LogP contribution is -2.26. The fourth-order valence-electron chi connectivity index (χ4n) is 2.37. The van der Waals surface area contributed by atoms with Crippen LogP contribution in [0.4, 0.5) is 5.95 Å². The molecule has 0 amide bonds. The number of ether oxygens (including phenoxy) is 1. The van der Waals surface area contributed by atoms with Crippen LogP contribution >= 0.6 is 0 Å². The fourth-order valence-corrected chi connectivity index (χ4v) is 2.37.